The number of ether oxygens (including phenoxy) is 2. The first kappa shape index (κ1) is 15.7. The number of hydrogen-bond acceptors (Lipinski definition) is 4. The molecule has 1 atom stereocenters. The van der Waals surface area contributed by atoms with E-state index in [0.29, 0.717) is 11.3 Å². The number of aliphatic hydroxyl groups excluding tert-OH is 1. The molecule has 2 aromatic rings. The molecule has 0 saturated carbocycles. The summed E-state index contributed by atoms with van der Waals surface area (Å²) in [5, 5.41) is 18.7. The van der Waals surface area contributed by atoms with Crippen LogP contribution in [0.1, 0.15) is 17.2 Å². The summed E-state index contributed by atoms with van der Waals surface area (Å²) in [7, 11) is 1.41. The van der Waals surface area contributed by atoms with E-state index < -0.39 is 17.7 Å². The van der Waals surface area contributed by atoms with Gasteiger partial charge in [0.1, 0.15) is 24.3 Å². The highest BCUT2D eigenvalue weighted by molar-refractivity contribution is 5.46. The lowest BCUT2D eigenvalue weighted by atomic mass is 10.1. The van der Waals surface area contributed by atoms with E-state index in [4.69, 9.17) is 14.7 Å². The molecule has 0 aliphatic heterocycles. The minimum atomic E-state index is -1.34. The van der Waals surface area contributed by atoms with Crippen molar-refractivity contribution < 1.29 is 23.4 Å². The van der Waals surface area contributed by atoms with Crippen LogP contribution < -0.4 is 9.47 Å². The summed E-state index contributed by atoms with van der Waals surface area (Å²) >= 11 is 0. The minimum Gasteiger partial charge on any atom is -0.493 e. The smallest absolute Gasteiger partial charge is 0.162 e. The van der Waals surface area contributed by atoms with Crippen molar-refractivity contribution in [2.75, 3.05) is 13.7 Å². The molecule has 114 valence electrons. The molecule has 1 N–H and O–H groups in total. The first-order chi connectivity index (χ1) is 10.5. The molecule has 0 heterocycles. The molecule has 2 aromatic carbocycles. The second-order valence-electron chi connectivity index (χ2n) is 4.47. The molecule has 4 nitrogen and oxygen atoms in total. The molecular formula is C16H13F2NO3. The van der Waals surface area contributed by atoms with E-state index in [0.717, 1.165) is 18.2 Å². The van der Waals surface area contributed by atoms with Crippen molar-refractivity contribution in [3.63, 3.8) is 0 Å². The van der Waals surface area contributed by atoms with Gasteiger partial charge in [-0.3, -0.25) is 0 Å². The Balaban J connectivity index is 2.13. The van der Waals surface area contributed by atoms with E-state index >= 15 is 0 Å². The summed E-state index contributed by atoms with van der Waals surface area (Å²) in [6, 6.07) is 9.29. The van der Waals surface area contributed by atoms with Crippen LogP contribution in [-0.4, -0.2) is 18.8 Å². The summed E-state index contributed by atoms with van der Waals surface area (Å²) < 4.78 is 37.1. The lowest BCUT2D eigenvalue weighted by Crippen LogP contribution is -2.12. The van der Waals surface area contributed by atoms with Crippen LogP contribution in [0.2, 0.25) is 0 Å². The zero-order chi connectivity index (χ0) is 16.1. The van der Waals surface area contributed by atoms with Gasteiger partial charge in [-0.25, -0.2) is 8.78 Å². The first-order valence-electron chi connectivity index (χ1n) is 6.39. The van der Waals surface area contributed by atoms with E-state index in [9.17, 15) is 13.9 Å². The van der Waals surface area contributed by atoms with Gasteiger partial charge in [0.25, 0.3) is 0 Å². The van der Waals surface area contributed by atoms with Crippen molar-refractivity contribution in [2.24, 2.45) is 0 Å². The maximum absolute atomic E-state index is 13.5. The van der Waals surface area contributed by atoms with Gasteiger partial charge in [-0.05, 0) is 30.3 Å². The molecule has 2 rings (SSSR count). The quantitative estimate of drug-likeness (QED) is 0.922. The van der Waals surface area contributed by atoms with Gasteiger partial charge < -0.3 is 14.6 Å². The van der Waals surface area contributed by atoms with E-state index in [-0.39, 0.29) is 17.9 Å². The molecule has 0 spiro atoms. The Morgan fingerprint density at radius 3 is 2.64 bits per heavy atom. The highest BCUT2D eigenvalue weighted by Gasteiger charge is 2.16. The minimum absolute atomic E-state index is 0.187. The zero-order valence-corrected chi connectivity index (χ0v) is 11.7. The van der Waals surface area contributed by atoms with Crippen LogP contribution in [0.4, 0.5) is 8.78 Å². The Kier molecular flexibility index (Phi) is 4.92. The van der Waals surface area contributed by atoms with Crippen LogP contribution in [0.15, 0.2) is 36.4 Å². The summed E-state index contributed by atoms with van der Waals surface area (Å²) in [6.45, 7) is -0.289. The lowest BCUT2D eigenvalue weighted by Gasteiger charge is -2.15. The number of benzene rings is 2. The third kappa shape index (κ3) is 3.51. The Labute approximate surface area is 126 Å². The molecule has 6 heteroatoms. The number of nitriles is 1. The van der Waals surface area contributed by atoms with Crippen molar-refractivity contribution in [1.29, 1.82) is 5.26 Å². The molecule has 22 heavy (non-hydrogen) atoms. The lowest BCUT2D eigenvalue weighted by molar-refractivity contribution is 0.103. The van der Waals surface area contributed by atoms with Crippen molar-refractivity contribution in [3.8, 4) is 17.6 Å². The van der Waals surface area contributed by atoms with Crippen LogP contribution in [0.3, 0.4) is 0 Å². The van der Waals surface area contributed by atoms with Crippen molar-refractivity contribution >= 4 is 0 Å². The predicted molar refractivity (Wildman–Crippen MR) is 74.5 cm³/mol. The maximum Gasteiger partial charge on any atom is 0.162 e. The third-order valence-corrected chi connectivity index (χ3v) is 3.01. The fraction of sp³-hybridized carbons (Fsp3) is 0.188. The van der Waals surface area contributed by atoms with Gasteiger partial charge in [0.05, 0.1) is 18.7 Å². The fourth-order valence-corrected chi connectivity index (χ4v) is 1.88. The Hall–Kier alpha value is -2.65. The highest BCUT2D eigenvalue weighted by Crippen LogP contribution is 2.29. The normalized spacial score (nSPS) is 11.6. The third-order valence-electron chi connectivity index (χ3n) is 3.01. The van der Waals surface area contributed by atoms with Crippen LogP contribution in [0, 0.1) is 23.0 Å². The van der Waals surface area contributed by atoms with E-state index in [1.165, 1.54) is 25.3 Å². The Bertz CT molecular complexity index is 713. The number of rotatable bonds is 5. The predicted octanol–water partition coefficient (Wildman–Crippen LogP) is 2.96. The molecule has 0 radical (unpaired) electrons. The summed E-state index contributed by atoms with van der Waals surface area (Å²) in [5.41, 5.74) is 0.202. The molecule has 0 fully saturated rings. The number of nitrogens with zero attached hydrogens (tertiary/aromatic N) is 1. The van der Waals surface area contributed by atoms with Gasteiger partial charge >= 0.3 is 0 Å². The van der Waals surface area contributed by atoms with Crippen molar-refractivity contribution in [2.45, 2.75) is 6.10 Å². The standard InChI is InChI=1S/C16H13F2NO3/c1-21-16-6-10(8-19)2-5-15(16)22-9-14(20)12-7-11(17)3-4-13(12)18/h2-7,14,20H,9H2,1H3. The van der Waals surface area contributed by atoms with Crippen molar-refractivity contribution in [1.82, 2.24) is 0 Å². The van der Waals surface area contributed by atoms with Crippen LogP contribution in [0.25, 0.3) is 0 Å². The van der Waals surface area contributed by atoms with Crippen LogP contribution in [-0.2, 0) is 0 Å². The number of hydrogen-bond donors (Lipinski definition) is 1. The largest absolute Gasteiger partial charge is 0.493 e. The van der Waals surface area contributed by atoms with E-state index in [2.05, 4.69) is 0 Å². The van der Waals surface area contributed by atoms with Crippen molar-refractivity contribution in [3.05, 3.63) is 59.2 Å². The van der Waals surface area contributed by atoms with Gasteiger partial charge in [0.15, 0.2) is 11.5 Å². The molecule has 0 aromatic heterocycles. The van der Waals surface area contributed by atoms with Gasteiger partial charge in [0.2, 0.25) is 0 Å². The average molecular weight is 305 g/mol. The van der Waals surface area contributed by atoms with Gasteiger partial charge in [-0.1, -0.05) is 0 Å². The summed E-state index contributed by atoms with van der Waals surface area (Å²) in [5.74, 6) is -0.765. The fourth-order valence-electron chi connectivity index (χ4n) is 1.88. The number of methoxy groups -OCH3 is 1. The summed E-state index contributed by atoms with van der Waals surface area (Å²) in [6.07, 6.45) is -1.34. The number of halogens is 2. The molecular weight excluding hydrogens is 292 g/mol. The topological polar surface area (TPSA) is 62.5 Å². The van der Waals surface area contributed by atoms with E-state index in [1.807, 2.05) is 6.07 Å². The Morgan fingerprint density at radius 2 is 1.95 bits per heavy atom. The highest BCUT2D eigenvalue weighted by atomic mass is 19.1. The zero-order valence-electron chi connectivity index (χ0n) is 11.7. The van der Waals surface area contributed by atoms with Gasteiger partial charge in [0, 0.05) is 11.6 Å². The van der Waals surface area contributed by atoms with Crippen LogP contribution in [0.5, 0.6) is 11.5 Å². The van der Waals surface area contributed by atoms with Crippen LogP contribution >= 0.6 is 0 Å². The molecule has 0 aliphatic carbocycles. The Morgan fingerprint density at radius 1 is 1.18 bits per heavy atom. The van der Waals surface area contributed by atoms with E-state index in [1.54, 1.807) is 0 Å². The molecule has 0 amide bonds. The maximum atomic E-state index is 13.5. The SMILES string of the molecule is COc1cc(C#N)ccc1OCC(O)c1cc(F)ccc1F. The monoisotopic (exact) mass is 305 g/mol. The average Bonchev–Trinajstić information content (AvgIpc) is 2.54. The molecule has 0 aliphatic rings. The molecule has 0 bridgehead atoms. The van der Waals surface area contributed by atoms with Gasteiger partial charge in [-0.2, -0.15) is 5.26 Å². The summed E-state index contributed by atoms with van der Waals surface area (Å²) in [4.78, 5) is 0. The molecule has 0 saturated heterocycles. The second kappa shape index (κ2) is 6.87. The van der Waals surface area contributed by atoms with Gasteiger partial charge in [-0.15, -0.1) is 0 Å². The first-order valence-corrected chi connectivity index (χ1v) is 6.39. The molecule has 1 unspecified atom stereocenters. The second-order valence-corrected chi connectivity index (χ2v) is 4.47. The number of aliphatic hydroxyl groups is 1.